The van der Waals surface area contributed by atoms with Crippen molar-refractivity contribution < 1.29 is 14.1 Å². The lowest BCUT2D eigenvalue weighted by atomic mass is 10.2. The largest absolute Gasteiger partial charge is 0.485 e. The van der Waals surface area contributed by atoms with Gasteiger partial charge >= 0.3 is 0 Å². The number of nitrogens with zero attached hydrogens (tertiary/aromatic N) is 2. The van der Waals surface area contributed by atoms with Crippen LogP contribution in [0.5, 0.6) is 5.75 Å². The monoisotopic (exact) mass is 312 g/mol. The van der Waals surface area contributed by atoms with Crippen molar-refractivity contribution in [3.05, 3.63) is 36.0 Å². The Kier molecular flexibility index (Phi) is 6.13. The van der Waals surface area contributed by atoms with Crippen LogP contribution in [-0.2, 0) is 11.4 Å². The van der Waals surface area contributed by atoms with Gasteiger partial charge in [0.25, 0.3) is 0 Å². The normalized spacial score (nSPS) is 11.4. The molecule has 8 heteroatoms. The fourth-order valence-electron chi connectivity index (χ4n) is 1.44. The van der Waals surface area contributed by atoms with Gasteiger partial charge in [0.05, 0.1) is 6.04 Å². The molecule has 0 saturated carbocycles. The van der Waals surface area contributed by atoms with Crippen LogP contribution in [0.3, 0.4) is 0 Å². The lowest BCUT2D eigenvalue weighted by Gasteiger charge is -2.08. The molecule has 114 valence electrons. The van der Waals surface area contributed by atoms with Gasteiger partial charge in [-0.25, -0.2) is 0 Å². The van der Waals surface area contributed by atoms with Gasteiger partial charge < -0.3 is 20.3 Å². The summed E-state index contributed by atoms with van der Waals surface area (Å²) in [6.45, 7) is 3.56. The number of aryl methyl sites for hydroxylation is 1. The number of nitrogens with two attached hydrogens (primary N) is 1. The number of benzene rings is 1. The summed E-state index contributed by atoms with van der Waals surface area (Å²) in [5.41, 5.74) is 6.13. The molecule has 0 radical (unpaired) electrons. The van der Waals surface area contributed by atoms with E-state index in [1.54, 1.807) is 38.1 Å². The summed E-state index contributed by atoms with van der Waals surface area (Å²) in [6.07, 6.45) is 0. The molecule has 1 heterocycles. The molecule has 0 unspecified atom stereocenters. The van der Waals surface area contributed by atoms with E-state index in [0.717, 1.165) is 0 Å². The second-order valence-corrected chi connectivity index (χ2v) is 4.32. The summed E-state index contributed by atoms with van der Waals surface area (Å²) in [7, 11) is 0. The third-order valence-corrected chi connectivity index (χ3v) is 2.47. The first kappa shape index (κ1) is 16.9. The molecule has 0 fully saturated rings. The number of ether oxygens (including phenoxy) is 1. The minimum absolute atomic E-state index is 0. The zero-order chi connectivity index (χ0) is 14.5. The van der Waals surface area contributed by atoms with Gasteiger partial charge in [-0.05, 0) is 31.2 Å². The Balaban J connectivity index is 0.00000220. The van der Waals surface area contributed by atoms with Crippen LogP contribution in [0.25, 0.3) is 0 Å². The number of rotatable bonds is 5. The Hall–Kier alpha value is -2.12. The minimum atomic E-state index is -0.549. The fraction of sp³-hybridized carbons (Fsp3) is 0.308. The van der Waals surface area contributed by atoms with Gasteiger partial charge in [-0.15, -0.1) is 12.4 Å². The first-order chi connectivity index (χ1) is 9.54. The number of carbonyl (C=O) groups is 1. The quantitative estimate of drug-likeness (QED) is 0.870. The number of amides is 1. The highest BCUT2D eigenvalue weighted by atomic mass is 35.5. The van der Waals surface area contributed by atoms with Crippen molar-refractivity contribution in [1.29, 1.82) is 0 Å². The molecule has 0 spiro atoms. The summed E-state index contributed by atoms with van der Waals surface area (Å²) >= 11 is 0. The highest BCUT2D eigenvalue weighted by molar-refractivity contribution is 5.94. The van der Waals surface area contributed by atoms with Crippen molar-refractivity contribution in [2.24, 2.45) is 5.73 Å². The number of halogens is 1. The Labute approximate surface area is 128 Å². The lowest BCUT2D eigenvalue weighted by molar-refractivity contribution is -0.117. The predicted molar refractivity (Wildman–Crippen MR) is 79.3 cm³/mol. The van der Waals surface area contributed by atoms with E-state index >= 15 is 0 Å². The molecule has 0 bridgehead atoms. The average Bonchev–Trinajstić information content (AvgIpc) is 2.83. The van der Waals surface area contributed by atoms with Crippen LogP contribution in [0.4, 0.5) is 5.69 Å². The molecule has 2 aromatic rings. The highest BCUT2D eigenvalue weighted by Gasteiger charge is 2.07. The molecule has 0 aliphatic rings. The molecule has 1 atom stereocenters. The molecule has 2 rings (SSSR count). The maximum atomic E-state index is 11.4. The Morgan fingerprint density at radius 2 is 2.10 bits per heavy atom. The van der Waals surface area contributed by atoms with Crippen molar-refractivity contribution in [2.75, 3.05) is 5.32 Å². The van der Waals surface area contributed by atoms with Crippen molar-refractivity contribution in [2.45, 2.75) is 26.5 Å². The first-order valence-electron chi connectivity index (χ1n) is 6.13. The van der Waals surface area contributed by atoms with E-state index < -0.39 is 6.04 Å². The number of carbonyl (C=O) groups excluding carboxylic acids is 1. The molecule has 1 aromatic carbocycles. The van der Waals surface area contributed by atoms with E-state index in [9.17, 15) is 4.79 Å². The molecule has 21 heavy (non-hydrogen) atoms. The predicted octanol–water partition coefficient (Wildman–Crippen LogP) is 1.66. The summed E-state index contributed by atoms with van der Waals surface area (Å²) in [4.78, 5) is 15.4. The van der Waals surface area contributed by atoms with Gasteiger partial charge in [-0.3, -0.25) is 4.79 Å². The van der Waals surface area contributed by atoms with Gasteiger partial charge in [0.2, 0.25) is 17.6 Å². The second kappa shape index (κ2) is 7.61. The highest BCUT2D eigenvalue weighted by Crippen LogP contribution is 2.16. The molecule has 1 aromatic heterocycles. The van der Waals surface area contributed by atoms with E-state index in [0.29, 0.717) is 23.2 Å². The molecule has 7 nitrogen and oxygen atoms in total. The van der Waals surface area contributed by atoms with Gasteiger partial charge in [-0.2, -0.15) is 4.98 Å². The van der Waals surface area contributed by atoms with Crippen LogP contribution in [-0.4, -0.2) is 22.1 Å². The van der Waals surface area contributed by atoms with Gasteiger partial charge in [0, 0.05) is 12.6 Å². The zero-order valence-electron chi connectivity index (χ0n) is 11.7. The Morgan fingerprint density at radius 3 is 2.62 bits per heavy atom. The Morgan fingerprint density at radius 1 is 1.43 bits per heavy atom. The van der Waals surface area contributed by atoms with Crippen LogP contribution < -0.4 is 15.8 Å². The summed E-state index contributed by atoms with van der Waals surface area (Å²) in [5, 5.41) is 6.41. The molecule has 0 aliphatic heterocycles. The third kappa shape index (κ3) is 5.05. The molecular weight excluding hydrogens is 296 g/mol. The van der Waals surface area contributed by atoms with E-state index in [1.807, 2.05) is 0 Å². The van der Waals surface area contributed by atoms with Crippen molar-refractivity contribution in [1.82, 2.24) is 10.1 Å². The van der Waals surface area contributed by atoms with Crippen molar-refractivity contribution in [3.8, 4) is 5.75 Å². The molecular formula is C13H17ClN4O3. The fourth-order valence-corrected chi connectivity index (χ4v) is 1.44. The molecule has 3 N–H and O–H groups in total. The minimum Gasteiger partial charge on any atom is -0.485 e. The molecule has 0 saturated heterocycles. The van der Waals surface area contributed by atoms with Crippen LogP contribution in [0.15, 0.2) is 28.8 Å². The van der Waals surface area contributed by atoms with E-state index in [1.165, 1.54) is 0 Å². The number of anilines is 1. The van der Waals surface area contributed by atoms with E-state index in [2.05, 4.69) is 15.5 Å². The maximum Gasteiger partial charge on any atom is 0.240 e. The van der Waals surface area contributed by atoms with Crippen LogP contribution in [0, 0.1) is 6.92 Å². The van der Waals surface area contributed by atoms with Crippen molar-refractivity contribution >= 4 is 24.0 Å². The zero-order valence-corrected chi connectivity index (χ0v) is 12.5. The maximum absolute atomic E-state index is 11.4. The Bertz CT molecular complexity index is 583. The number of hydrogen-bond donors (Lipinski definition) is 2. The van der Waals surface area contributed by atoms with Crippen LogP contribution >= 0.6 is 12.4 Å². The number of nitrogens with one attached hydrogen (secondary N) is 1. The summed E-state index contributed by atoms with van der Waals surface area (Å²) in [5.74, 6) is 1.39. The molecule has 1 amide bonds. The third-order valence-electron chi connectivity index (χ3n) is 2.47. The van der Waals surface area contributed by atoms with Gasteiger partial charge in [-0.1, -0.05) is 5.16 Å². The van der Waals surface area contributed by atoms with Gasteiger partial charge in [0.1, 0.15) is 5.75 Å². The summed E-state index contributed by atoms with van der Waals surface area (Å²) < 4.78 is 10.3. The summed E-state index contributed by atoms with van der Waals surface area (Å²) in [6, 6.07) is 6.40. The second-order valence-electron chi connectivity index (χ2n) is 4.32. The standard InChI is InChI=1S/C13H16N4O3.ClH/c1-8(14)13(18)16-10-3-5-11(6-4-10)19-7-12-15-9(2)20-17-12;/h3-6,8H,7,14H2,1-2H3,(H,16,18);1H/t8-;/m0./s1. The van der Waals surface area contributed by atoms with Crippen LogP contribution in [0.1, 0.15) is 18.6 Å². The van der Waals surface area contributed by atoms with Crippen LogP contribution in [0.2, 0.25) is 0 Å². The topological polar surface area (TPSA) is 103 Å². The SMILES string of the molecule is Cc1nc(COc2ccc(NC(=O)[C@H](C)N)cc2)no1.Cl. The van der Waals surface area contributed by atoms with Gasteiger partial charge in [0.15, 0.2) is 6.61 Å². The first-order valence-corrected chi connectivity index (χ1v) is 6.13. The van der Waals surface area contributed by atoms with Crippen molar-refractivity contribution in [3.63, 3.8) is 0 Å². The molecule has 0 aliphatic carbocycles. The van der Waals surface area contributed by atoms with E-state index in [4.69, 9.17) is 15.0 Å². The number of aromatic nitrogens is 2. The number of hydrogen-bond acceptors (Lipinski definition) is 6. The smallest absolute Gasteiger partial charge is 0.240 e. The lowest BCUT2D eigenvalue weighted by Crippen LogP contribution is -2.32. The van der Waals surface area contributed by atoms with E-state index in [-0.39, 0.29) is 24.9 Å². The average molecular weight is 313 g/mol.